The summed E-state index contributed by atoms with van der Waals surface area (Å²) in [5.41, 5.74) is -0.715. The first kappa shape index (κ1) is 16.1. The molecule has 1 aromatic heterocycles. The fourth-order valence-corrected chi connectivity index (χ4v) is 1.91. The second-order valence-corrected chi connectivity index (χ2v) is 5.98. The van der Waals surface area contributed by atoms with E-state index in [4.69, 9.17) is 9.31 Å². The Balaban J connectivity index is 2.31. The van der Waals surface area contributed by atoms with Gasteiger partial charge in [-0.25, -0.2) is 0 Å². The van der Waals surface area contributed by atoms with Gasteiger partial charge in [-0.2, -0.15) is 13.8 Å². The molecule has 7 heteroatoms. The van der Waals surface area contributed by atoms with Gasteiger partial charge in [0, 0.05) is 5.56 Å². The molecular weight excluding hydrogens is 279 g/mol. The van der Waals surface area contributed by atoms with E-state index < -0.39 is 30.2 Å². The van der Waals surface area contributed by atoms with Gasteiger partial charge in [-0.1, -0.05) is 6.08 Å². The molecule has 0 saturated carbocycles. The highest BCUT2D eigenvalue weighted by Crippen LogP contribution is 2.38. The molecule has 0 amide bonds. The summed E-state index contributed by atoms with van der Waals surface area (Å²) in [5.74, 6) is -1.84. The summed E-state index contributed by atoms with van der Waals surface area (Å²) in [7, 11) is -0.788. The van der Waals surface area contributed by atoms with Crippen molar-refractivity contribution in [2.24, 2.45) is 0 Å². The van der Waals surface area contributed by atoms with E-state index in [1.165, 1.54) is 12.1 Å². The molecule has 114 valence electrons. The maximum absolute atomic E-state index is 13.6. The van der Waals surface area contributed by atoms with Gasteiger partial charge in [0.2, 0.25) is 11.9 Å². The van der Waals surface area contributed by atoms with E-state index in [1.807, 2.05) is 27.7 Å². The zero-order chi connectivity index (χ0) is 15.8. The van der Waals surface area contributed by atoms with Gasteiger partial charge < -0.3 is 14.4 Å². The van der Waals surface area contributed by atoms with Gasteiger partial charge in [0.1, 0.15) is 0 Å². The minimum absolute atomic E-state index is 0.0650. The largest absolute Gasteiger partial charge is 0.492 e. The van der Waals surface area contributed by atoms with Gasteiger partial charge in [-0.15, -0.1) is 0 Å². The van der Waals surface area contributed by atoms with Crippen molar-refractivity contribution in [1.29, 1.82) is 0 Å². The van der Waals surface area contributed by atoms with Gasteiger partial charge in [-0.3, -0.25) is 0 Å². The molecule has 0 aromatic carbocycles. The first-order valence-electron chi connectivity index (χ1n) is 6.65. The van der Waals surface area contributed by atoms with Gasteiger partial charge in [-0.05, 0) is 45.3 Å². The Morgan fingerprint density at radius 1 is 1.24 bits per heavy atom. The number of rotatable bonds is 3. The highest BCUT2D eigenvalue weighted by atomic mass is 19.1. The zero-order valence-corrected chi connectivity index (χ0v) is 12.5. The molecule has 4 nitrogen and oxygen atoms in total. The summed E-state index contributed by atoms with van der Waals surface area (Å²) >= 11 is 0. The van der Waals surface area contributed by atoms with Crippen molar-refractivity contribution in [3.05, 3.63) is 35.1 Å². The quantitative estimate of drug-likeness (QED) is 0.687. The molecular formula is C14H18BF2NO3. The molecule has 1 saturated heterocycles. The molecule has 2 rings (SSSR count). The van der Waals surface area contributed by atoms with Crippen LogP contribution >= 0.6 is 0 Å². The van der Waals surface area contributed by atoms with Crippen LogP contribution in [0.3, 0.4) is 0 Å². The summed E-state index contributed by atoms with van der Waals surface area (Å²) < 4.78 is 38.0. The Kier molecular flexibility index (Phi) is 4.19. The average molecular weight is 297 g/mol. The van der Waals surface area contributed by atoms with Crippen LogP contribution in [0.1, 0.15) is 33.3 Å². The summed E-state index contributed by atoms with van der Waals surface area (Å²) in [4.78, 5) is 3.10. The number of halogens is 2. The average Bonchev–Trinajstić information content (AvgIpc) is 2.57. The Labute approximate surface area is 122 Å². The van der Waals surface area contributed by atoms with Gasteiger partial charge in [0.25, 0.3) is 0 Å². The van der Waals surface area contributed by atoms with Crippen LogP contribution in [0.5, 0.6) is 0 Å². The Bertz CT molecular complexity index is 559. The van der Waals surface area contributed by atoms with E-state index in [2.05, 4.69) is 4.98 Å². The monoisotopic (exact) mass is 297 g/mol. The van der Waals surface area contributed by atoms with E-state index in [9.17, 15) is 13.9 Å². The minimum atomic E-state index is -0.947. The highest BCUT2D eigenvalue weighted by molar-refractivity contribution is 6.55. The lowest BCUT2D eigenvalue weighted by Gasteiger charge is -2.32. The zero-order valence-electron chi connectivity index (χ0n) is 12.5. The second-order valence-electron chi connectivity index (χ2n) is 5.98. The summed E-state index contributed by atoms with van der Waals surface area (Å²) in [6.07, 6.45) is 1.36. The van der Waals surface area contributed by atoms with Crippen LogP contribution in [0.2, 0.25) is 0 Å². The Morgan fingerprint density at radius 3 is 2.29 bits per heavy atom. The third-order valence-corrected chi connectivity index (χ3v) is 3.92. The Morgan fingerprint density at radius 2 is 1.81 bits per heavy atom. The van der Waals surface area contributed by atoms with E-state index in [0.29, 0.717) is 5.47 Å². The van der Waals surface area contributed by atoms with E-state index in [0.717, 1.165) is 6.07 Å². The molecule has 1 aromatic rings. The Hall–Kier alpha value is -1.31. The normalized spacial score (nSPS) is 20.9. The van der Waals surface area contributed by atoms with Crippen LogP contribution in [-0.4, -0.2) is 35.0 Å². The van der Waals surface area contributed by atoms with Gasteiger partial charge in [0.05, 0.1) is 17.8 Å². The lowest BCUT2D eigenvalue weighted by molar-refractivity contribution is 0.00578. The number of pyridine rings is 1. The third-order valence-electron chi connectivity index (χ3n) is 3.92. The molecule has 1 fully saturated rings. The number of aliphatic hydroxyl groups is 1. The maximum atomic E-state index is 13.6. The number of nitrogens with zero attached hydrogens (tertiary/aromatic N) is 1. The van der Waals surface area contributed by atoms with Crippen LogP contribution in [0.25, 0.3) is 6.08 Å². The van der Waals surface area contributed by atoms with Crippen LogP contribution < -0.4 is 0 Å². The van der Waals surface area contributed by atoms with Crippen molar-refractivity contribution in [2.75, 3.05) is 6.61 Å². The standard InChI is InChI=1S/C14H18BF2NO3/c1-13(2)14(3,4)21-15(20-13)10(8-19)7-9-5-6-11(16)18-12(9)17/h5-7,19H,8H2,1-4H3. The van der Waals surface area contributed by atoms with E-state index in [1.54, 1.807) is 0 Å². The first-order chi connectivity index (χ1) is 9.66. The lowest BCUT2D eigenvalue weighted by atomic mass is 9.77. The number of aromatic nitrogens is 1. The van der Waals surface area contributed by atoms with Crippen molar-refractivity contribution in [1.82, 2.24) is 4.98 Å². The van der Waals surface area contributed by atoms with Gasteiger partial charge in [0.15, 0.2) is 0 Å². The van der Waals surface area contributed by atoms with Crippen LogP contribution in [-0.2, 0) is 9.31 Å². The molecule has 1 N–H and O–H groups in total. The smallest absolute Gasteiger partial charge is 0.400 e. The van der Waals surface area contributed by atoms with Crippen LogP contribution in [0.4, 0.5) is 8.78 Å². The number of hydrogen-bond acceptors (Lipinski definition) is 4. The molecule has 1 aliphatic heterocycles. The molecule has 0 unspecified atom stereocenters. The summed E-state index contributed by atoms with van der Waals surface area (Å²) in [5, 5.41) is 9.49. The van der Waals surface area contributed by atoms with Crippen LogP contribution in [0.15, 0.2) is 17.6 Å². The molecule has 0 bridgehead atoms. The van der Waals surface area contributed by atoms with Crippen molar-refractivity contribution in [3.8, 4) is 0 Å². The lowest BCUT2D eigenvalue weighted by Crippen LogP contribution is -2.41. The number of aliphatic hydroxyl groups excluding tert-OH is 1. The van der Waals surface area contributed by atoms with Crippen LogP contribution in [0, 0.1) is 11.9 Å². The van der Waals surface area contributed by atoms with E-state index in [-0.39, 0.29) is 12.2 Å². The predicted molar refractivity (Wildman–Crippen MR) is 75.3 cm³/mol. The molecule has 2 heterocycles. The fraction of sp³-hybridized carbons (Fsp3) is 0.500. The van der Waals surface area contributed by atoms with E-state index >= 15 is 0 Å². The second kappa shape index (κ2) is 5.48. The minimum Gasteiger partial charge on any atom is -0.400 e. The molecule has 0 atom stereocenters. The van der Waals surface area contributed by atoms with Crippen molar-refractivity contribution in [2.45, 2.75) is 38.9 Å². The SMILES string of the molecule is CC1(C)OB(C(=Cc2ccc(F)nc2F)CO)OC1(C)C. The van der Waals surface area contributed by atoms with Gasteiger partial charge >= 0.3 is 7.12 Å². The fourth-order valence-electron chi connectivity index (χ4n) is 1.91. The summed E-state index contributed by atoms with van der Waals surface area (Å²) in [6, 6.07) is 2.30. The highest BCUT2D eigenvalue weighted by Gasteiger charge is 2.52. The number of hydrogen-bond donors (Lipinski definition) is 1. The summed E-state index contributed by atoms with van der Waals surface area (Å²) in [6.45, 7) is 7.14. The van der Waals surface area contributed by atoms with Crippen molar-refractivity contribution >= 4 is 13.2 Å². The van der Waals surface area contributed by atoms with Crippen molar-refractivity contribution in [3.63, 3.8) is 0 Å². The third kappa shape index (κ3) is 3.15. The van der Waals surface area contributed by atoms with Crippen molar-refractivity contribution < 1.29 is 23.2 Å². The first-order valence-corrected chi connectivity index (χ1v) is 6.65. The predicted octanol–water partition coefficient (Wildman–Crippen LogP) is 2.37. The molecule has 1 aliphatic rings. The maximum Gasteiger partial charge on any atom is 0.492 e. The molecule has 0 aliphatic carbocycles. The topological polar surface area (TPSA) is 51.6 Å². The molecule has 0 radical (unpaired) electrons. The molecule has 21 heavy (non-hydrogen) atoms. The molecule has 0 spiro atoms.